The van der Waals surface area contributed by atoms with E-state index in [1.807, 2.05) is 0 Å². The number of hydrogen-bond donors (Lipinski definition) is 1. The highest BCUT2D eigenvalue weighted by atomic mass is 19.4. The molecule has 80 valence electrons. The Bertz CT molecular complexity index is 276. The molecule has 1 aliphatic carbocycles. The predicted molar refractivity (Wildman–Crippen MR) is 48.2 cm³/mol. The minimum atomic E-state index is -4.20. The normalized spacial score (nSPS) is 22.8. The first-order valence-electron chi connectivity index (χ1n) is 4.23. The van der Waals surface area contributed by atoms with Gasteiger partial charge in [-0.15, -0.1) is 0 Å². The average Bonchev–Trinajstić information content (AvgIpc) is 2.01. The maximum atomic E-state index is 12.3. The van der Waals surface area contributed by atoms with Gasteiger partial charge in [0, 0.05) is 26.2 Å². The van der Waals surface area contributed by atoms with E-state index in [0.717, 1.165) is 6.08 Å². The van der Waals surface area contributed by atoms with Crippen molar-refractivity contribution < 1.29 is 13.2 Å². The number of allylic oxidation sites excluding steroid dienone is 3. The molecule has 5 heteroatoms. The number of likely N-dealkylation sites (N-methyl/N-ethyl adjacent to an activating group) is 1. The van der Waals surface area contributed by atoms with E-state index in [2.05, 4.69) is 0 Å². The second-order valence-electron chi connectivity index (χ2n) is 3.52. The molecule has 2 N–H and O–H groups in total. The molecule has 0 fully saturated rings. The molecule has 0 amide bonds. The molecule has 0 spiro atoms. The van der Waals surface area contributed by atoms with E-state index < -0.39 is 12.1 Å². The Morgan fingerprint density at radius 2 is 2.00 bits per heavy atom. The number of nitrogens with two attached hydrogens (primary N) is 1. The van der Waals surface area contributed by atoms with Gasteiger partial charge >= 0.3 is 6.18 Å². The zero-order valence-electron chi connectivity index (χ0n) is 8.10. The van der Waals surface area contributed by atoms with Crippen LogP contribution < -0.4 is 5.73 Å². The molecule has 0 aromatic rings. The summed E-state index contributed by atoms with van der Waals surface area (Å²) < 4.78 is 36.9. The van der Waals surface area contributed by atoms with Crippen LogP contribution in [0.4, 0.5) is 13.2 Å². The Kier molecular flexibility index (Phi) is 2.78. The van der Waals surface area contributed by atoms with Crippen LogP contribution in [-0.2, 0) is 0 Å². The minimum Gasteiger partial charge on any atom is -0.400 e. The van der Waals surface area contributed by atoms with Gasteiger partial charge in [0.05, 0.1) is 11.6 Å². The average molecular weight is 206 g/mol. The molecule has 0 aliphatic heterocycles. The van der Waals surface area contributed by atoms with E-state index in [4.69, 9.17) is 5.73 Å². The zero-order valence-corrected chi connectivity index (χ0v) is 8.10. The third-order valence-corrected chi connectivity index (χ3v) is 2.16. The van der Waals surface area contributed by atoms with E-state index in [-0.39, 0.29) is 6.42 Å². The first kappa shape index (κ1) is 10.9. The Morgan fingerprint density at radius 1 is 1.43 bits per heavy atom. The molecule has 0 saturated heterocycles. The standard InChI is InChI=1S/C9H13F3N2/c1-14(2)8-4-3-6(5-7(8)13)9(10,11)12/h3-4,6H,5,13H2,1-2H3. The summed E-state index contributed by atoms with van der Waals surface area (Å²) in [5.41, 5.74) is 6.50. The summed E-state index contributed by atoms with van der Waals surface area (Å²) in [4.78, 5) is 1.71. The van der Waals surface area contributed by atoms with Crippen LogP contribution in [0.15, 0.2) is 23.5 Å². The number of hydrogen-bond acceptors (Lipinski definition) is 2. The number of rotatable bonds is 1. The highest BCUT2D eigenvalue weighted by Gasteiger charge is 2.39. The lowest BCUT2D eigenvalue weighted by molar-refractivity contribution is -0.161. The van der Waals surface area contributed by atoms with Crippen LogP contribution in [0.25, 0.3) is 0 Å². The van der Waals surface area contributed by atoms with Crippen LogP contribution in [0, 0.1) is 5.92 Å². The van der Waals surface area contributed by atoms with Gasteiger partial charge in [0.25, 0.3) is 0 Å². The third kappa shape index (κ3) is 2.21. The largest absolute Gasteiger partial charge is 0.400 e. The van der Waals surface area contributed by atoms with Gasteiger partial charge in [-0.3, -0.25) is 0 Å². The van der Waals surface area contributed by atoms with Crippen molar-refractivity contribution in [2.75, 3.05) is 14.1 Å². The SMILES string of the molecule is CN(C)C1=C(N)CC(C(F)(F)F)C=C1. The Balaban J connectivity index is 2.82. The van der Waals surface area contributed by atoms with E-state index in [0.29, 0.717) is 11.4 Å². The number of halogens is 3. The topological polar surface area (TPSA) is 29.3 Å². The minimum absolute atomic E-state index is 0.145. The van der Waals surface area contributed by atoms with Gasteiger partial charge in [-0.1, -0.05) is 6.08 Å². The van der Waals surface area contributed by atoms with E-state index in [1.165, 1.54) is 6.08 Å². The van der Waals surface area contributed by atoms with Crippen molar-refractivity contribution in [2.45, 2.75) is 12.6 Å². The van der Waals surface area contributed by atoms with Crippen molar-refractivity contribution in [1.82, 2.24) is 4.90 Å². The molecule has 0 aromatic carbocycles. The lowest BCUT2D eigenvalue weighted by Crippen LogP contribution is -2.28. The second-order valence-corrected chi connectivity index (χ2v) is 3.52. The second kappa shape index (κ2) is 3.55. The molecular weight excluding hydrogens is 193 g/mol. The monoisotopic (exact) mass is 206 g/mol. The molecule has 1 aliphatic rings. The first-order chi connectivity index (χ1) is 6.32. The highest BCUT2D eigenvalue weighted by molar-refractivity contribution is 5.28. The van der Waals surface area contributed by atoms with Gasteiger partial charge < -0.3 is 10.6 Å². The third-order valence-electron chi connectivity index (χ3n) is 2.16. The van der Waals surface area contributed by atoms with E-state index >= 15 is 0 Å². The summed E-state index contributed by atoms with van der Waals surface area (Å²) in [5, 5.41) is 0. The molecule has 0 aromatic heterocycles. The highest BCUT2D eigenvalue weighted by Crippen LogP contribution is 2.34. The maximum absolute atomic E-state index is 12.3. The lowest BCUT2D eigenvalue weighted by atomic mass is 9.96. The summed E-state index contributed by atoms with van der Waals surface area (Å²) in [5.74, 6) is -1.44. The van der Waals surface area contributed by atoms with E-state index in [1.54, 1.807) is 19.0 Å². The Hall–Kier alpha value is -1.13. The molecular formula is C9H13F3N2. The van der Waals surface area contributed by atoms with Gasteiger partial charge in [-0.05, 0) is 6.08 Å². The van der Waals surface area contributed by atoms with Crippen LogP contribution in [0.1, 0.15) is 6.42 Å². The van der Waals surface area contributed by atoms with Crippen LogP contribution in [0.2, 0.25) is 0 Å². The van der Waals surface area contributed by atoms with Crippen molar-refractivity contribution >= 4 is 0 Å². The van der Waals surface area contributed by atoms with Gasteiger partial charge in [-0.25, -0.2) is 0 Å². The van der Waals surface area contributed by atoms with Crippen molar-refractivity contribution in [1.29, 1.82) is 0 Å². The van der Waals surface area contributed by atoms with Gasteiger partial charge in [0.2, 0.25) is 0 Å². The quantitative estimate of drug-likeness (QED) is 0.709. The molecule has 0 bridgehead atoms. The van der Waals surface area contributed by atoms with Crippen LogP contribution in [0.5, 0.6) is 0 Å². The maximum Gasteiger partial charge on any atom is 0.395 e. The molecule has 0 heterocycles. The Morgan fingerprint density at radius 3 is 2.36 bits per heavy atom. The van der Waals surface area contributed by atoms with Crippen molar-refractivity contribution in [3.63, 3.8) is 0 Å². The molecule has 2 nitrogen and oxygen atoms in total. The fourth-order valence-corrected chi connectivity index (χ4v) is 1.38. The van der Waals surface area contributed by atoms with Gasteiger partial charge in [0.1, 0.15) is 0 Å². The van der Waals surface area contributed by atoms with Crippen LogP contribution in [0.3, 0.4) is 0 Å². The molecule has 1 unspecified atom stereocenters. The fraction of sp³-hybridized carbons (Fsp3) is 0.556. The van der Waals surface area contributed by atoms with Gasteiger partial charge in [-0.2, -0.15) is 13.2 Å². The van der Waals surface area contributed by atoms with Crippen molar-refractivity contribution in [2.24, 2.45) is 11.7 Å². The van der Waals surface area contributed by atoms with Crippen molar-refractivity contribution in [3.05, 3.63) is 23.5 Å². The first-order valence-corrected chi connectivity index (χ1v) is 4.23. The number of alkyl halides is 3. The number of nitrogens with zero attached hydrogens (tertiary/aromatic N) is 1. The Labute approximate surface area is 80.9 Å². The molecule has 14 heavy (non-hydrogen) atoms. The smallest absolute Gasteiger partial charge is 0.395 e. The zero-order chi connectivity index (χ0) is 10.9. The molecule has 0 radical (unpaired) electrons. The van der Waals surface area contributed by atoms with Crippen LogP contribution >= 0.6 is 0 Å². The lowest BCUT2D eigenvalue weighted by Gasteiger charge is -2.25. The summed E-state index contributed by atoms with van der Waals surface area (Å²) in [6, 6.07) is 0. The summed E-state index contributed by atoms with van der Waals surface area (Å²) in [7, 11) is 3.50. The summed E-state index contributed by atoms with van der Waals surface area (Å²) in [6.07, 6.45) is -1.75. The van der Waals surface area contributed by atoms with Crippen molar-refractivity contribution in [3.8, 4) is 0 Å². The predicted octanol–water partition coefficient (Wildman–Crippen LogP) is 1.86. The summed E-state index contributed by atoms with van der Waals surface area (Å²) in [6.45, 7) is 0. The summed E-state index contributed by atoms with van der Waals surface area (Å²) >= 11 is 0. The molecule has 1 rings (SSSR count). The fourth-order valence-electron chi connectivity index (χ4n) is 1.38. The van der Waals surface area contributed by atoms with Crippen LogP contribution in [-0.4, -0.2) is 25.2 Å². The molecule has 1 atom stereocenters. The van der Waals surface area contributed by atoms with Gasteiger partial charge in [0.15, 0.2) is 0 Å². The molecule has 0 saturated carbocycles. The van der Waals surface area contributed by atoms with E-state index in [9.17, 15) is 13.2 Å².